The molecule has 2 fully saturated rings. The van der Waals surface area contributed by atoms with Gasteiger partial charge in [-0.25, -0.2) is 9.78 Å². The molecule has 0 spiro atoms. The molecule has 3 N–H and O–H groups in total. The van der Waals surface area contributed by atoms with E-state index < -0.39 is 17.8 Å². The fraction of sp³-hybridized carbons (Fsp3) is 0.515. The minimum Gasteiger partial charge on any atom is -0.368 e. The first-order chi connectivity index (χ1) is 22.2. The second kappa shape index (κ2) is 15.2. The molecule has 0 radical (unpaired) electrons. The Bertz CT molecular complexity index is 1560. The molecule has 46 heavy (non-hydrogen) atoms. The van der Waals surface area contributed by atoms with E-state index in [4.69, 9.17) is 10.6 Å². The lowest BCUT2D eigenvalue weighted by Crippen LogP contribution is -2.48. The van der Waals surface area contributed by atoms with Crippen molar-refractivity contribution in [3.63, 3.8) is 0 Å². The molecule has 5 rings (SSSR count). The zero-order valence-corrected chi connectivity index (χ0v) is 26.8. The van der Waals surface area contributed by atoms with Gasteiger partial charge in [-0.2, -0.15) is 4.98 Å². The molecule has 0 bridgehead atoms. The van der Waals surface area contributed by atoms with E-state index >= 15 is 0 Å². The van der Waals surface area contributed by atoms with Crippen LogP contribution in [0.15, 0.2) is 30.5 Å². The van der Waals surface area contributed by atoms with Crippen molar-refractivity contribution in [2.45, 2.75) is 78.3 Å². The van der Waals surface area contributed by atoms with Crippen LogP contribution in [0.1, 0.15) is 75.0 Å². The van der Waals surface area contributed by atoms with Crippen LogP contribution in [0.4, 0.5) is 11.8 Å². The molecule has 13 nitrogen and oxygen atoms in total. The standard InChI is InChI=1S/C33H44N8O5/c1-3-4-5-14-35-32-31-26(36-33(34)37-32)13-15-40(31)22-25-10-9-24(20-23(25)2)21-38-16-18-39(19-17-38)27(42)7-6-8-30(45)46-41-28(43)11-12-29(41)44/h9-10,13,15,20H,3-8,11-12,14,16-19,21-22H2,1-2H3,(H3,34,35,36,37). The molecule has 13 heteroatoms. The molecule has 2 saturated heterocycles. The summed E-state index contributed by atoms with van der Waals surface area (Å²) in [5.74, 6) is -0.667. The molecule has 3 amide bonds. The van der Waals surface area contributed by atoms with Crippen LogP contribution < -0.4 is 11.1 Å². The summed E-state index contributed by atoms with van der Waals surface area (Å²) >= 11 is 0. The number of hydroxylamine groups is 2. The highest BCUT2D eigenvalue weighted by Crippen LogP contribution is 2.25. The van der Waals surface area contributed by atoms with Crippen LogP contribution in [0.25, 0.3) is 11.0 Å². The van der Waals surface area contributed by atoms with Gasteiger partial charge in [0.05, 0.1) is 5.52 Å². The molecule has 0 unspecified atom stereocenters. The second-order valence-electron chi connectivity index (χ2n) is 12.1. The highest BCUT2D eigenvalue weighted by atomic mass is 16.7. The zero-order valence-electron chi connectivity index (χ0n) is 26.8. The number of carbonyl (C=O) groups is 4. The lowest BCUT2D eigenvalue weighted by Gasteiger charge is -2.35. The molecule has 0 saturated carbocycles. The Hall–Kier alpha value is -4.52. The summed E-state index contributed by atoms with van der Waals surface area (Å²) in [6.07, 6.45) is 6.01. The lowest BCUT2D eigenvalue weighted by atomic mass is 10.0. The van der Waals surface area contributed by atoms with Gasteiger partial charge in [0.1, 0.15) is 5.52 Å². The topological polar surface area (TPSA) is 156 Å². The number of nitrogens with zero attached hydrogens (tertiary/aromatic N) is 6. The molecule has 4 heterocycles. The number of hydrogen-bond donors (Lipinski definition) is 2. The number of nitrogens with one attached hydrogen (secondary N) is 1. The maximum atomic E-state index is 12.7. The summed E-state index contributed by atoms with van der Waals surface area (Å²) in [4.78, 5) is 65.9. The SMILES string of the molecule is CCCCCNc1nc(N)nc2ccn(Cc3ccc(CN4CCN(C(=O)CCCC(=O)ON5C(=O)CCC5=O)CC4)cc3C)c12. The van der Waals surface area contributed by atoms with Crippen molar-refractivity contribution in [3.8, 4) is 0 Å². The van der Waals surface area contributed by atoms with Gasteiger partial charge in [-0.3, -0.25) is 19.3 Å². The second-order valence-corrected chi connectivity index (χ2v) is 12.1. The number of anilines is 2. The number of nitrogens with two attached hydrogens (primary N) is 1. The third-order valence-electron chi connectivity index (χ3n) is 8.55. The van der Waals surface area contributed by atoms with E-state index in [0.717, 1.165) is 62.3 Å². The molecular formula is C33H44N8O5. The van der Waals surface area contributed by atoms with Crippen LogP contribution in [0.2, 0.25) is 0 Å². The van der Waals surface area contributed by atoms with Crippen molar-refractivity contribution in [2.75, 3.05) is 43.8 Å². The van der Waals surface area contributed by atoms with E-state index in [-0.39, 0.29) is 37.5 Å². The van der Waals surface area contributed by atoms with Crippen molar-refractivity contribution >= 4 is 46.5 Å². The third kappa shape index (κ3) is 8.19. The number of aryl methyl sites for hydroxylation is 1. The van der Waals surface area contributed by atoms with Crippen LogP contribution in [0.3, 0.4) is 0 Å². The molecule has 3 aromatic rings. The number of carbonyl (C=O) groups excluding carboxylic acids is 4. The largest absolute Gasteiger partial charge is 0.368 e. The predicted octanol–water partition coefficient (Wildman–Crippen LogP) is 3.39. The summed E-state index contributed by atoms with van der Waals surface area (Å²) in [7, 11) is 0. The van der Waals surface area contributed by atoms with Crippen molar-refractivity contribution in [3.05, 3.63) is 47.2 Å². The van der Waals surface area contributed by atoms with E-state index in [1.807, 2.05) is 17.2 Å². The molecule has 2 aliphatic heterocycles. The quantitative estimate of drug-likeness (QED) is 0.200. The zero-order chi connectivity index (χ0) is 32.6. The summed E-state index contributed by atoms with van der Waals surface area (Å²) < 4.78 is 2.17. The van der Waals surface area contributed by atoms with Gasteiger partial charge in [-0.15, -0.1) is 5.06 Å². The van der Waals surface area contributed by atoms with Gasteiger partial charge in [0.25, 0.3) is 11.8 Å². The van der Waals surface area contributed by atoms with Crippen molar-refractivity contribution in [2.24, 2.45) is 0 Å². The maximum absolute atomic E-state index is 12.7. The maximum Gasteiger partial charge on any atom is 0.333 e. The number of amides is 3. The molecule has 0 atom stereocenters. The van der Waals surface area contributed by atoms with E-state index in [1.54, 1.807) is 0 Å². The van der Waals surface area contributed by atoms with Crippen LogP contribution in [-0.4, -0.2) is 85.8 Å². The van der Waals surface area contributed by atoms with Gasteiger partial charge in [-0.05, 0) is 42.5 Å². The van der Waals surface area contributed by atoms with Crippen molar-refractivity contribution < 1.29 is 24.0 Å². The first-order valence-corrected chi connectivity index (χ1v) is 16.2. The lowest BCUT2D eigenvalue weighted by molar-refractivity contribution is -0.197. The molecule has 246 valence electrons. The summed E-state index contributed by atoms with van der Waals surface area (Å²) in [6, 6.07) is 8.57. The Labute approximate surface area is 269 Å². The highest BCUT2D eigenvalue weighted by molar-refractivity contribution is 6.01. The van der Waals surface area contributed by atoms with Gasteiger partial charge in [-0.1, -0.05) is 38.0 Å². The van der Waals surface area contributed by atoms with Gasteiger partial charge >= 0.3 is 5.97 Å². The number of unbranched alkanes of at least 4 members (excludes halogenated alkanes) is 2. The molecule has 2 aliphatic rings. The van der Waals surface area contributed by atoms with Gasteiger partial charge in [0.15, 0.2) is 5.82 Å². The number of benzene rings is 1. The normalized spacial score (nSPS) is 15.6. The van der Waals surface area contributed by atoms with Crippen molar-refractivity contribution in [1.29, 1.82) is 0 Å². The first kappa shape index (κ1) is 32.9. The van der Waals surface area contributed by atoms with Crippen LogP contribution >= 0.6 is 0 Å². The number of nitrogen functional groups attached to an aromatic ring is 1. The smallest absolute Gasteiger partial charge is 0.333 e. The van der Waals surface area contributed by atoms with E-state index in [1.165, 1.54) is 16.7 Å². The summed E-state index contributed by atoms with van der Waals surface area (Å²) in [6.45, 7) is 9.43. The third-order valence-corrected chi connectivity index (χ3v) is 8.55. The number of piperazine rings is 1. The van der Waals surface area contributed by atoms with Crippen LogP contribution in [-0.2, 0) is 37.1 Å². The number of rotatable bonds is 14. The number of aromatic nitrogens is 3. The number of hydrogen-bond acceptors (Lipinski definition) is 10. The Kier molecular flexibility index (Phi) is 10.8. The highest BCUT2D eigenvalue weighted by Gasteiger charge is 2.32. The average Bonchev–Trinajstić information content (AvgIpc) is 3.58. The Morgan fingerprint density at radius 1 is 0.957 bits per heavy atom. The number of fused-ring (bicyclic) bond motifs is 1. The molecule has 1 aromatic carbocycles. The average molecular weight is 633 g/mol. The summed E-state index contributed by atoms with van der Waals surface area (Å²) in [5.41, 5.74) is 11.4. The molecule has 0 aliphatic carbocycles. The molecule has 2 aromatic heterocycles. The molecular weight excluding hydrogens is 588 g/mol. The minimum atomic E-state index is -0.678. The fourth-order valence-corrected chi connectivity index (χ4v) is 5.94. The van der Waals surface area contributed by atoms with E-state index in [9.17, 15) is 19.2 Å². The predicted molar refractivity (Wildman–Crippen MR) is 173 cm³/mol. The van der Waals surface area contributed by atoms with Gasteiger partial charge in [0, 0.05) is 77.7 Å². The van der Waals surface area contributed by atoms with E-state index in [2.05, 4.69) is 56.8 Å². The Morgan fingerprint density at radius 3 is 2.43 bits per heavy atom. The fourth-order valence-electron chi connectivity index (χ4n) is 5.94. The first-order valence-electron chi connectivity index (χ1n) is 16.2. The monoisotopic (exact) mass is 632 g/mol. The number of imide groups is 1. The van der Waals surface area contributed by atoms with E-state index in [0.29, 0.717) is 31.1 Å². The van der Waals surface area contributed by atoms with Crippen molar-refractivity contribution in [1.82, 2.24) is 29.4 Å². The summed E-state index contributed by atoms with van der Waals surface area (Å²) in [5, 5.41) is 4.00. The van der Waals surface area contributed by atoms with Gasteiger partial charge in [0.2, 0.25) is 11.9 Å². The van der Waals surface area contributed by atoms with Crippen LogP contribution in [0.5, 0.6) is 0 Å². The minimum absolute atomic E-state index is 0.00841. The Morgan fingerprint density at radius 2 is 1.72 bits per heavy atom. The Balaban J connectivity index is 1.09. The van der Waals surface area contributed by atoms with Gasteiger partial charge < -0.3 is 25.4 Å². The van der Waals surface area contributed by atoms with Crippen LogP contribution in [0, 0.1) is 6.92 Å².